The van der Waals surface area contributed by atoms with Crippen LogP contribution in [0.15, 0.2) is 24.3 Å². The summed E-state index contributed by atoms with van der Waals surface area (Å²) in [6.45, 7) is 0.301. The fourth-order valence-electron chi connectivity index (χ4n) is 1.50. The molecule has 0 aromatic heterocycles. The molecule has 6 heteroatoms. The number of nitrogens with zero attached hydrogens (tertiary/aromatic N) is 1. The Balaban J connectivity index is 2.51. The summed E-state index contributed by atoms with van der Waals surface area (Å²) >= 11 is 1.24. The highest BCUT2D eigenvalue weighted by molar-refractivity contribution is 8.00. The Hall–Kier alpha value is -2.00. The zero-order chi connectivity index (χ0) is 14.1. The molecule has 0 saturated heterocycles. The zero-order valence-electron chi connectivity index (χ0n) is 10.3. The Morgan fingerprint density at radius 2 is 2.00 bits per heavy atom. The maximum Gasteiger partial charge on any atom is 0.307 e. The lowest BCUT2D eigenvalue weighted by atomic mass is 10.0. The molecule has 0 saturated carbocycles. The first-order valence-corrected chi connectivity index (χ1v) is 6.79. The molecule has 0 heterocycles. The summed E-state index contributed by atoms with van der Waals surface area (Å²) in [5.41, 5.74) is 1.49. The van der Waals surface area contributed by atoms with Crippen molar-refractivity contribution in [2.75, 3.05) is 11.5 Å². The van der Waals surface area contributed by atoms with Crippen molar-refractivity contribution >= 4 is 23.6 Å². The van der Waals surface area contributed by atoms with Crippen molar-refractivity contribution < 1.29 is 14.7 Å². The topological polar surface area (TPSA) is 90.2 Å². The van der Waals surface area contributed by atoms with Crippen LogP contribution in [0.25, 0.3) is 0 Å². The Morgan fingerprint density at radius 3 is 2.63 bits per heavy atom. The van der Waals surface area contributed by atoms with Crippen molar-refractivity contribution in [1.29, 1.82) is 5.26 Å². The molecule has 1 aromatic carbocycles. The van der Waals surface area contributed by atoms with Crippen molar-refractivity contribution in [2.24, 2.45) is 0 Å². The maximum absolute atomic E-state index is 11.5. The molecule has 5 nitrogen and oxygen atoms in total. The van der Waals surface area contributed by atoms with Gasteiger partial charge in [-0.05, 0) is 11.1 Å². The number of amides is 1. The summed E-state index contributed by atoms with van der Waals surface area (Å²) in [5.74, 6) is -0.550. The third kappa shape index (κ3) is 5.93. The van der Waals surface area contributed by atoms with Gasteiger partial charge in [0.25, 0.3) is 0 Å². The number of aliphatic carboxylic acids is 1. The van der Waals surface area contributed by atoms with Gasteiger partial charge in [0.15, 0.2) is 0 Å². The number of carboxylic acids is 1. The van der Waals surface area contributed by atoms with Crippen molar-refractivity contribution in [3.05, 3.63) is 35.4 Å². The number of nitriles is 1. The smallest absolute Gasteiger partial charge is 0.307 e. The first-order chi connectivity index (χ1) is 9.13. The second-order valence-corrected chi connectivity index (χ2v) is 4.75. The molecule has 0 spiro atoms. The van der Waals surface area contributed by atoms with E-state index in [0.29, 0.717) is 12.1 Å². The molecule has 1 aromatic rings. The van der Waals surface area contributed by atoms with Crippen LogP contribution in [-0.4, -0.2) is 28.5 Å². The average Bonchev–Trinajstić information content (AvgIpc) is 2.37. The van der Waals surface area contributed by atoms with E-state index in [1.165, 1.54) is 11.8 Å². The van der Waals surface area contributed by atoms with Gasteiger partial charge in [-0.1, -0.05) is 24.3 Å². The van der Waals surface area contributed by atoms with E-state index < -0.39 is 5.97 Å². The highest BCUT2D eigenvalue weighted by Crippen LogP contribution is 2.09. The van der Waals surface area contributed by atoms with Crippen LogP contribution in [0.2, 0.25) is 0 Å². The molecule has 0 radical (unpaired) electrons. The lowest BCUT2D eigenvalue weighted by Crippen LogP contribution is -2.25. The van der Waals surface area contributed by atoms with Gasteiger partial charge in [0.1, 0.15) is 0 Å². The van der Waals surface area contributed by atoms with Gasteiger partial charge in [-0.25, -0.2) is 0 Å². The van der Waals surface area contributed by atoms with E-state index >= 15 is 0 Å². The van der Waals surface area contributed by atoms with E-state index in [2.05, 4.69) is 5.32 Å². The number of benzene rings is 1. The largest absolute Gasteiger partial charge is 0.481 e. The zero-order valence-corrected chi connectivity index (χ0v) is 11.1. The van der Waals surface area contributed by atoms with Gasteiger partial charge < -0.3 is 10.4 Å². The van der Waals surface area contributed by atoms with E-state index in [0.717, 1.165) is 5.56 Å². The minimum absolute atomic E-state index is 0.0603. The van der Waals surface area contributed by atoms with E-state index in [9.17, 15) is 9.59 Å². The van der Waals surface area contributed by atoms with Crippen LogP contribution in [0, 0.1) is 11.3 Å². The molecule has 0 aliphatic rings. The second-order valence-electron chi connectivity index (χ2n) is 3.77. The minimum Gasteiger partial charge on any atom is -0.481 e. The number of hydrogen-bond acceptors (Lipinski definition) is 4. The monoisotopic (exact) mass is 278 g/mol. The van der Waals surface area contributed by atoms with E-state index in [-0.39, 0.29) is 23.8 Å². The number of hydrogen-bond donors (Lipinski definition) is 2. The summed E-state index contributed by atoms with van der Waals surface area (Å²) in [4.78, 5) is 22.2. The van der Waals surface area contributed by atoms with Crippen molar-refractivity contribution in [3.8, 4) is 6.07 Å². The summed E-state index contributed by atoms with van der Waals surface area (Å²) in [6, 6.07) is 9.05. The lowest BCUT2D eigenvalue weighted by molar-refractivity contribution is -0.136. The standard InChI is InChI=1S/C13H14N2O3S/c14-5-6-19-9-12(16)15-8-11-4-2-1-3-10(11)7-13(17)18/h1-4H,6-9H2,(H,15,16)(H,17,18). The van der Waals surface area contributed by atoms with Gasteiger partial charge in [0, 0.05) is 6.54 Å². The molecule has 0 aliphatic heterocycles. The van der Waals surface area contributed by atoms with E-state index in [4.69, 9.17) is 10.4 Å². The molecule has 0 atom stereocenters. The fourth-order valence-corrected chi connectivity index (χ4v) is 1.98. The molecule has 19 heavy (non-hydrogen) atoms. The number of rotatable bonds is 7. The van der Waals surface area contributed by atoms with Crippen LogP contribution >= 0.6 is 11.8 Å². The van der Waals surface area contributed by atoms with Crippen LogP contribution in [0.1, 0.15) is 11.1 Å². The Bertz CT molecular complexity index is 497. The summed E-state index contributed by atoms with van der Waals surface area (Å²) in [5, 5.41) is 19.8. The third-order valence-corrected chi connectivity index (χ3v) is 3.14. The summed E-state index contributed by atoms with van der Waals surface area (Å²) < 4.78 is 0. The fraction of sp³-hybridized carbons (Fsp3) is 0.308. The van der Waals surface area contributed by atoms with Crippen LogP contribution in [-0.2, 0) is 22.6 Å². The SMILES string of the molecule is N#CCSCC(=O)NCc1ccccc1CC(=O)O. The van der Waals surface area contributed by atoms with Crippen LogP contribution in [0.4, 0.5) is 0 Å². The van der Waals surface area contributed by atoms with Crippen LogP contribution in [0.5, 0.6) is 0 Å². The first kappa shape index (κ1) is 15.1. The molecule has 0 aliphatic carbocycles. The van der Waals surface area contributed by atoms with Gasteiger partial charge in [-0.15, -0.1) is 11.8 Å². The Morgan fingerprint density at radius 1 is 1.32 bits per heavy atom. The maximum atomic E-state index is 11.5. The number of carbonyl (C=O) groups is 2. The number of nitrogens with one attached hydrogen (secondary N) is 1. The molecule has 0 unspecified atom stereocenters. The Labute approximate surface area is 115 Å². The highest BCUT2D eigenvalue weighted by atomic mass is 32.2. The molecular formula is C13H14N2O3S. The predicted octanol–water partition coefficient (Wildman–Crippen LogP) is 1.19. The minimum atomic E-state index is -0.900. The van der Waals surface area contributed by atoms with Gasteiger partial charge in [0.05, 0.1) is 24.0 Å². The Kier molecular flexibility index (Phi) is 6.47. The second kappa shape index (κ2) is 8.16. The molecule has 100 valence electrons. The highest BCUT2D eigenvalue weighted by Gasteiger charge is 2.07. The number of carboxylic acid groups (broad SMARTS) is 1. The summed E-state index contributed by atoms with van der Waals surface area (Å²) in [7, 11) is 0. The van der Waals surface area contributed by atoms with Gasteiger partial charge in [-0.2, -0.15) is 5.26 Å². The molecule has 2 N–H and O–H groups in total. The molecule has 1 amide bonds. The molecule has 1 rings (SSSR count). The van der Waals surface area contributed by atoms with Crippen molar-refractivity contribution in [1.82, 2.24) is 5.32 Å². The molecule has 0 fully saturated rings. The van der Waals surface area contributed by atoms with Crippen LogP contribution in [0.3, 0.4) is 0 Å². The van der Waals surface area contributed by atoms with Gasteiger partial charge >= 0.3 is 5.97 Å². The molecule has 0 bridgehead atoms. The molecular weight excluding hydrogens is 264 g/mol. The van der Waals surface area contributed by atoms with Gasteiger partial charge in [-0.3, -0.25) is 9.59 Å². The number of carbonyl (C=O) groups excluding carboxylic acids is 1. The number of thioether (sulfide) groups is 1. The van der Waals surface area contributed by atoms with Crippen LogP contribution < -0.4 is 5.32 Å². The third-order valence-electron chi connectivity index (χ3n) is 2.34. The quantitative estimate of drug-likeness (QED) is 0.731. The predicted molar refractivity (Wildman–Crippen MR) is 72.6 cm³/mol. The normalized spacial score (nSPS) is 9.63. The lowest BCUT2D eigenvalue weighted by Gasteiger charge is -2.09. The van der Waals surface area contributed by atoms with E-state index in [1.807, 2.05) is 6.07 Å². The summed E-state index contributed by atoms with van der Waals surface area (Å²) in [6.07, 6.45) is -0.0603. The van der Waals surface area contributed by atoms with Crippen molar-refractivity contribution in [3.63, 3.8) is 0 Å². The average molecular weight is 278 g/mol. The van der Waals surface area contributed by atoms with Gasteiger partial charge in [0.2, 0.25) is 5.91 Å². The van der Waals surface area contributed by atoms with Crippen molar-refractivity contribution in [2.45, 2.75) is 13.0 Å². The van der Waals surface area contributed by atoms with E-state index in [1.54, 1.807) is 24.3 Å². The first-order valence-electron chi connectivity index (χ1n) is 5.63.